The van der Waals surface area contributed by atoms with Crippen LogP contribution in [0.25, 0.3) is 22.2 Å². The van der Waals surface area contributed by atoms with Gasteiger partial charge in [0.2, 0.25) is 0 Å². The second-order valence-corrected chi connectivity index (χ2v) is 10.2. The van der Waals surface area contributed by atoms with Crippen LogP contribution >= 0.6 is 11.6 Å². The Morgan fingerprint density at radius 3 is 2.65 bits per heavy atom. The fraction of sp³-hybridized carbons (Fsp3) is 0.500. The highest BCUT2D eigenvalue weighted by Crippen LogP contribution is 2.41. The standard InChI is InChI=1S/C26H30ClF4N7O2/c1-39-9-8-38-13-15(28)10-16(38)14-40-25-34-21-12-17(23-19(26(29,30)31)2-3-22(32)35-23)20(27)11-18(21)24(36-25)37-6-4-33-5-7-37/h2-3,11-12,15-16,33H,4-10,13-14H2,1H3,(H2,32,35)/t15-,16+/m1/s1. The van der Waals surface area contributed by atoms with Crippen molar-refractivity contribution >= 4 is 34.1 Å². The number of hydrogen-bond acceptors (Lipinski definition) is 9. The first-order valence-electron chi connectivity index (χ1n) is 12.9. The van der Waals surface area contributed by atoms with E-state index in [4.69, 9.17) is 26.8 Å². The topological polar surface area (TPSA) is 102 Å². The zero-order chi connectivity index (χ0) is 28.4. The number of pyridine rings is 1. The fourth-order valence-electron chi connectivity index (χ4n) is 5.13. The van der Waals surface area contributed by atoms with Crippen molar-refractivity contribution in [3.8, 4) is 17.3 Å². The summed E-state index contributed by atoms with van der Waals surface area (Å²) in [4.78, 5) is 17.2. The minimum absolute atomic E-state index is 0.0338. The van der Waals surface area contributed by atoms with Gasteiger partial charge >= 0.3 is 12.2 Å². The lowest BCUT2D eigenvalue weighted by molar-refractivity contribution is -0.137. The first kappa shape index (κ1) is 28.5. The van der Waals surface area contributed by atoms with E-state index in [-0.39, 0.29) is 35.1 Å². The van der Waals surface area contributed by atoms with Crippen LogP contribution in [0.2, 0.25) is 5.02 Å². The monoisotopic (exact) mass is 583 g/mol. The molecule has 40 heavy (non-hydrogen) atoms. The van der Waals surface area contributed by atoms with Gasteiger partial charge in [-0.3, -0.25) is 4.90 Å². The number of nitrogen functional groups attached to an aromatic ring is 1. The summed E-state index contributed by atoms with van der Waals surface area (Å²) >= 11 is 6.56. The molecule has 3 aromatic rings. The number of nitrogens with zero attached hydrogens (tertiary/aromatic N) is 5. The molecule has 4 heterocycles. The average molecular weight is 584 g/mol. The Hall–Kier alpha value is -3.00. The third kappa shape index (κ3) is 6.17. The van der Waals surface area contributed by atoms with Crippen molar-refractivity contribution in [2.45, 2.75) is 24.8 Å². The summed E-state index contributed by atoms with van der Waals surface area (Å²) in [5, 5.41) is 3.90. The molecule has 2 aliphatic heterocycles. The van der Waals surface area contributed by atoms with E-state index in [9.17, 15) is 17.6 Å². The molecular formula is C26H30ClF4N7O2. The first-order valence-corrected chi connectivity index (χ1v) is 13.3. The van der Waals surface area contributed by atoms with Crippen molar-refractivity contribution in [3.63, 3.8) is 0 Å². The van der Waals surface area contributed by atoms with Gasteiger partial charge in [0.25, 0.3) is 0 Å². The maximum atomic E-state index is 14.2. The molecule has 0 radical (unpaired) electrons. The quantitative estimate of drug-likeness (QED) is 0.384. The van der Waals surface area contributed by atoms with Crippen LogP contribution in [0.5, 0.6) is 6.01 Å². The number of ether oxygens (including phenoxy) is 2. The summed E-state index contributed by atoms with van der Waals surface area (Å²) in [6, 6.07) is 4.83. The van der Waals surface area contributed by atoms with Crippen molar-refractivity contribution in [1.29, 1.82) is 0 Å². The maximum Gasteiger partial charge on any atom is 0.418 e. The van der Waals surface area contributed by atoms with Crippen LogP contribution in [0.3, 0.4) is 0 Å². The summed E-state index contributed by atoms with van der Waals surface area (Å²) < 4.78 is 66.9. The molecule has 0 unspecified atom stereocenters. The molecule has 0 spiro atoms. The molecular weight excluding hydrogens is 554 g/mol. The Morgan fingerprint density at radius 2 is 1.93 bits per heavy atom. The molecule has 9 nitrogen and oxygen atoms in total. The van der Waals surface area contributed by atoms with Crippen molar-refractivity contribution in [2.24, 2.45) is 0 Å². The number of halogens is 5. The van der Waals surface area contributed by atoms with Gasteiger partial charge in [-0.15, -0.1) is 0 Å². The fourth-order valence-corrected chi connectivity index (χ4v) is 5.39. The number of alkyl halides is 4. The Labute approximate surface area is 233 Å². The molecule has 5 rings (SSSR count). The van der Waals surface area contributed by atoms with Crippen LogP contribution in [0.15, 0.2) is 24.3 Å². The van der Waals surface area contributed by atoms with E-state index in [2.05, 4.69) is 20.3 Å². The minimum atomic E-state index is -4.68. The molecule has 2 aromatic heterocycles. The van der Waals surface area contributed by atoms with Gasteiger partial charge in [-0.25, -0.2) is 9.37 Å². The summed E-state index contributed by atoms with van der Waals surface area (Å²) in [5.74, 6) is 0.477. The lowest BCUT2D eigenvalue weighted by atomic mass is 10.0. The molecule has 3 N–H and O–H groups in total. The average Bonchev–Trinajstić information content (AvgIpc) is 3.28. The van der Waals surface area contributed by atoms with Gasteiger partial charge in [0.05, 0.1) is 28.4 Å². The van der Waals surface area contributed by atoms with Gasteiger partial charge in [0.15, 0.2) is 0 Å². The van der Waals surface area contributed by atoms with E-state index in [1.807, 2.05) is 9.80 Å². The minimum Gasteiger partial charge on any atom is -0.462 e. The Morgan fingerprint density at radius 1 is 1.15 bits per heavy atom. The Kier molecular flexibility index (Phi) is 8.45. The normalized spacial score (nSPS) is 20.4. The number of benzene rings is 1. The molecule has 0 aliphatic carbocycles. The predicted molar refractivity (Wildman–Crippen MR) is 145 cm³/mol. The zero-order valence-electron chi connectivity index (χ0n) is 21.8. The number of rotatable bonds is 8. The van der Waals surface area contributed by atoms with Gasteiger partial charge in [-0.1, -0.05) is 11.6 Å². The van der Waals surface area contributed by atoms with Gasteiger partial charge in [0, 0.05) is 63.4 Å². The van der Waals surface area contributed by atoms with Crippen LogP contribution in [0.1, 0.15) is 12.0 Å². The highest BCUT2D eigenvalue weighted by Gasteiger charge is 2.36. The number of nitrogens with one attached hydrogen (secondary N) is 1. The van der Waals surface area contributed by atoms with Crippen LogP contribution in [-0.2, 0) is 10.9 Å². The lowest BCUT2D eigenvalue weighted by Gasteiger charge is -2.29. The summed E-state index contributed by atoms with van der Waals surface area (Å²) in [6.45, 7) is 4.21. The Balaban J connectivity index is 1.55. The molecule has 2 saturated heterocycles. The molecule has 2 fully saturated rings. The molecule has 14 heteroatoms. The second kappa shape index (κ2) is 11.9. The molecule has 0 amide bonds. The van der Waals surface area contributed by atoms with Gasteiger partial charge in [-0.05, 0) is 30.7 Å². The van der Waals surface area contributed by atoms with E-state index in [1.54, 1.807) is 13.2 Å². The highest BCUT2D eigenvalue weighted by molar-refractivity contribution is 6.34. The van der Waals surface area contributed by atoms with E-state index in [1.165, 1.54) is 6.07 Å². The number of fused-ring (bicyclic) bond motifs is 1. The van der Waals surface area contributed by atoms with E-state index in [0.29, 0.717) is 55.9 Å². The highest BCUT2D eigenvalue weighted by atomic mass is 35.5. The molecule has 2 atom stereocenters. The molecule has 0 saturated carbocycles. The van der Waals surface area contributed by atoms with Crippen molar-refractivity contribution < 1.29 is 27.0 Å². The number of piperazine rings is 1. The number of hydrogen-bond donors (Lipinski definition) is 2. The summed E-state index contributed by atoms with van der Waals surface area (Å²) in [6.07, 6.45) is -5.34. The molecule has 2 aliphatic rings. The van der Waals surface area contributed by atoms with Gasteiger partial charge in [0.1, 0.15) is 24.4 Å². The van der Waals surface area contributed by atoms with Crippen LogP contribution in [0.4, 0.5) is 29.2 Å². The second-order valence-electron chi connectivity index (χ2n) is 9.83. The maximum absolute atomic E-state index is 14.2. The smallest absolute Gasteiger partial charge is 0.418 e. The number of anilines is 2. The van der Waals surface area contributed by atoms with E-state index >= 15 is 0 Å². The van der Waals surface area contributed by atoms with Crippen LogP contribution in [0, 0.1) is 0 Å². The van der Waals surface area contributed by atoms with E-state index in [0.717, 1.165) is 25.2 Å². The predicted octanol–water partition coefficient (Wildman–Crippen LogP) is 3.79. The number of methoxy groups -OCH3 is 1. The van der Waals surface area contributed by atoms with Crippen LogP contribution in [-0.4, -0.2) is 91.7 Å². The number of nitrogens with two attached hydrogens (primary N) is 1. The number of aromatic nitrogens is 3. The summed E-state index contributed by atoms with van der Waals surface area (Å²) in [5.41, 5.74) is 4.76. The first-order chi connectivity index (χ1) is 19.1. The summed E-state index contributed by atoms with van der Waals surface area (Å²) in [7, 11) is 1.59. The molecule has 0 bridgehead atoms. The SMILES string of the molecule is COCCN1C[C@H](F)C[C@H]1COc1nc(N2CCNCC2)c2cc(Cl)c(-c3nc(N)ccc3C(F)(F)F)cc2n1. The van der Waals surface area contributed by atoms with Crippen molar-refractivity contribution in [3.05, 3.63) is 34.9 Å². The molecule has 1 aromatic carbocycles. The van der Waals surface area contributed by atoms with E-state index < -0.39 is 23.6 Å². The number of likely N-dealkylation sites (tertiary alicyclic amines) is 1. The van der Waals surface area contributed by atoms with Gasteiger partial charge < -0.3 is 25.4 Å². The molecule has 216 valence electrons. The zero-order valence-corrected chi connectivity index (χ0v) is 22.6. The van der Waals surface area contributed by atoms with Gasteiger partial charge in [-0.2, -0.15) is 23.1 Å². The van der Waals surface area contributed by atoms with Crippen molar-refractivity contribution in [2.75, 3.05) is 70.2 Å². The third-order valence-electron chi connectivity index (χ3n) is 7.10. The lowest BCUT2D eigenvalue weighted by Crippen LogP contribution is -2.44. The largest absolute Gasteiger partial charge is 0.462 e. The third-order valence-corrected chi connectivity index (χ3v) is 7.41. The van der Waals surface area contributed by atoms with Crippen molar-refractivity contribution in [1.82, 2.24) is 25.2 Å². The van der Waals surface area contributed by atoms with Crippen LogP contribution < -0.4 is 20.7 Å². The Bertz CT molecular complexity index is 1360.